The van der Waals surface area contributed by atoms with E-state index in [0.29, 0.717) is 25.0 Å². The molecule has 310 valence electrons. The molecule has 0 atom stereocenters. The van der Waals surface area contributed by atoms with Crippen LogP contribution in [0.3, 0.4) is 0 Å². The second-order valence-corrected chi connectivity index (χ2v) is 19.1. The van der Waals surface area contributed by atoms with Gasteiger partial charge in [-0.25, -0.2) is 0 Å². The smallest absolute Gasteiger partial charge is 0.0453 e. The van der Waals surface area contributed by atoms with Crippen LogP contribution in [-0.4, -0.2) is 23.4 Å². The molecule has 0 aliphatic heterocycles. The Hall–Kier alpha value is -0.340. The molecule has 0 heterocycles. The van der Waals surface area contributed by atoms with E-state index in [4.69, 9.17) is 10.2 Å². The Kier molecular flexibility index (Phi) is 74.6. The largest absolute Gasteiger partial charge is 0.396 e. The number of aliphatic hydroxyl groups excluding tert-OH is 2. The summed E-state index contributed by atoms with van der Waals surface area (Å²) < 4.78 is 0. The summed E-state index contributed by atoms with van der Waals surface area (Å²) in [7, 11) is 0. The highest BCUT2D eigenvalue weighted by molar-refractivity contribution is 4.82. The Morgan fingerprint density at radius 3 is 0.531 bits per heavy atom. The fourth-order valence-electron chi connectivity index (χ4n) is 0.250. The maximum Gasteiger partial charge on any atom is 0.0453 e. The van der Waals surface area contributed by atoms with E-state index in [2.05, 4.69) is 159 Å². The monoisotopic (exact) mass is 707 g/mol. The number of rotatable bonds is 6. The lowest BCUT2D eigenvalue weighted by Crippen LogP contribution is -1.95. The highest BCUT2D eigenvalue weighted by atomic mass is 16.3. The predicted molar refractivity (Wildman–Crippen MR) is 238 cm³/mol. The van der Waals surface area contributed by atoms with Crippen molar-refractivity contribution >= 4 is 0 Å². The average molecular weight is 707 g/mol. The zero-order valence-corrected chi connectivity index (χ0v) is 40.6. The molecule has 1 aliphatic carbocycles. The molecule has 1 saturated carbocycles. The zero-order chi connectivity index (χ0) is 42.1. The zero-order valence-electron chi connectivity index (χ0n) is 40.6. The van der Waals surface area contributed by atoms with Gasteiger partial charge in [0, 0.05) is 13.2 Å². The summed E-state index contributed by atoms with van der Waals surface area (Å²) in [4.78, 5) is 0. The Balaban J connectivity index is -0.0000000520. The first-order valence-electron chi connectivity index (χ1n) is 20.6. The molecule has 49 heavy (non-hydrogen) atoms. The van der Waals surface area contributed by atoms with Crippen molar-refractivity contribution in [1.82, 2.24) is 0 Å². The van der Waals surface area contributed by atoms with Crippen LogP contribution in [0.15, 0.2) is 12.2 Å². The molecule has 0 unspecified atom stereocenters. The van der Waals surface area contributed by atoms with Crippen molar-refractivity contribution in [2.75, 3.05) is 13.2 Å². The Morgan fingerprint density at radius 1 is 0.449 bits per heavy atom. The van der Waals surface area contributed by atoms with Gasteiger partial charge in [0.25, 0.3) is 0 Å². The minimum absolute atomic E-state index is 0.306. The molecular weight excluding hydrogens is 597 g/mol. The minimum Gasteiger partial charge on any atom is -0.396 e. The third kappa shape index (κ3) is 233. The standard InChI is InChI=1S/2C6H14.C5H10.2C5H12.2C4H10O.2C4H10.C4H8/c2*1-5(2)6(3)4;1-5(2)3-4-5;2*1-4-5(2)3;2*1-4(2)3-5;3*1-4(2)3/h2*5-6H,1-4H3;3-4H2,1-2H3;2*5H,4H2,1-3H3;2*4-5H,3H2,1-2H3;2*4H,1-3H3;1H2,2-3H3. The molecular formula is C47H110O2. The number of allylic oxidation sites excluding steroid dienone is 1. The molecule has 2 heteroatoms. The Labute approximate surface area is 318 Å². The summed E-state index contributed by atoms with van der Waals surface area (Å²) in [5, 5.41) is 16.3. The molecule has 2 N–H and O–H groups in total. The topological polar surface area (TPSA) is 40.5 Å². The second kappa shape index (κ2) is 52.0. The summed E-state index contributed by atoms with van der Waals surface area (Å²) in [6.07, 6.45) is 5.51. The maximum absolute atomic E-state index is 8.14. The van der Waals surface area contributed by atoms with Gasteiger partial charge in [0.1, 0.15) is 0 Å². The molecule has 0 bridgehead atoms. The van der Waals surface area contributed by atoms with Crippen LogP contribution in [0.1, 0.15) is 220 Å². The molecule has 2 nitrogen and oxygen atoms in total. The van der Waals surface area contributed by atoms with Gasteiger partial charge >= 0.3 is 0 Å². The van der Waals surface area contributed by atoms with Crippen LogP contribution in [0.5, 0.6) is 0 Å². The van der Waals surface area contributed by atoms with Gasteiger partial charge in [-0.05, 0) is 91.3 Å². The van der Waals surface area contributed by atoms with Gasteiger partial charge in [-0.3, -0.25) is 0 Å². The molecule has 0 amide bonds. The molecule has 0 aromatic rings. The minimum atomic E-state index is 0.306. The summed E-state index contributed by atoms with van der Waals surface area (Å²) in [5.74, 6) is 7.72. The van der Waals surface area contributed by atoms with Crippen LogP contribution in [0.2, 0.25) is 0 Å². The molecule has 0 aromatic carbocycles. The van der Waals surface area contributed by atoms with E-state index in [0.717, 1.165) is 52.8 Å². The van der Waals surface area contributed by atoms with Crippen LogP contribution in [0, 0.1) is 64.6 Å². The average Bonchev–Trinajstić information content (AvgIpc) is 3.63. The van der Waals surface area contributed by atoms with E-state index >= 15 is 0 Å². The quantitative estimate of drug-likeness (QED) is 0.270. The predicted octanol–water partition coefficient (Wildman–Crippen LogP) is 16.7. The molecule has 0 aromatic heterocycles. The van der Waals surface area contributed by atoms with Gasteiger partial charge in [0.2, 0.25) is 0 Å². The van der Waals surface area contributed by atoms with Gasteiger partial charge < -0.3 is 10.2 Å². The fraction of sp³-hybridized carbons (Fsp3) is 0.957. The summed E-state index contributed by atoms with van der Waals surface area (Å²) >= 11 is 0. The third-order valence-corrected chi connectivity index (χ3v) is 6.28. The van der Waals surface area contributed by atoms with E-state index in [1.54, 1.807) is 0 Å². The van der Waals surface area contributed by atoms with Crippen molar-refractivity contribution in [2.45, 2.75) is 220 Å². The lowest BCUT2D eigenvalue weighted by molar-refractivity contribution is 0.248. The first kappa shape index (κ1) is 70.3. The SMILES string of the molecule is C=C(C)C.CC(C)C.CC(C)C.CC(C)C(C)C.CC(C)C(C)C.CC(C)CO.CC(C)CO.CC1(C)CC1.CCC(C)C.CCC(C)C. The van der Waals surface area contributed by atoms with Crippen molar-refractivity contribution in [3.05, 3.63) is 12.2 Å². The van der Waals surface area contributed by atoms with Crippen LogP contribution < -0.4 is 0 Å². The Morgan fingerprint density at radius 2 is 0.531 bits per heavy atom. The van der Waals surface area contributed by atoms with Crippen LogP contribution in [0.4, 0.5) is 0 Å². The van der Waals surface area contributed by atoms with Crippen LogP contribution >= 0.6 is 0 Å². The molecule has 1 rings (SSSR count). The first-order valence-corrected chi connectivity index (χ1v) is 20.6. The van der Waals surface area contributed by atoms with Gasteiger partial charge in [0.15, 0.2) is 0 Å². The van der Waals surface area contributed by atoms with Gasteiger partial charge in [0.05, 0.1) is 0 Å². The summed E-state index contributed by atoms with van der Waals surface area (Å²) in [5.41, 5.74) is 1.92. The first-order chi connectivity index (χ1) is 21.8. The number of hydrogen-bond donors (Lipinski definition) is 2. The molecule has 0 saturated heterocycles. The number of hydrogen-bond acceptors (Lipinski definition) is 2. The second-order valence-electron chi connectivity index (χ2n) is 19.1. The van der Waals surface area contributed by atoms with Crippen molar-refractivity contribution in [2.24, 2.45) is 64.6 Å². The van der Waals surface area contributed by atoms with E-state index in [-0.39, 0.29) is 0 Å². The summed E-state index contributed by atoms with van der Waals surface area (Å²) in [6.45, 7) is 64.8. The van der Waals surface area contributed by atoms with Crippen molar-refractivity contribution in [1.29, 1.82) is 0 Å². The molecule has 1 fully saturated rings. The van der Waals surface area contributed by atoms with E-state index in [1.807, 2.05) is 41.5 Å². The normalized spacial score (nSPS) is 11.7. The lowest BCUT2D eigenvalue weighted by atomic mass is 10.0. The third-order valence-electron chi connectivity index (χ3n) is 6.28. The highest BCUT2D eigenvalue weighted by Crippen LogP contribution is 2.43. The fourth-order valence-corrected chi connectivity index (χ4v) is 0.250. The van der Waals surface area contributed by atoms with Crippen LogP contribution in [0.25, 0.3) is 0 Å². The van der Waals surface area contributed by atoms with Crippen LogP contribution in [-0.2, 0) is 0 Å². The molecule has 0 radical (unpaired) electrons. The van der Waals surface area contributed by atoms with E-state index in [9.17, 15) is 0 Å². The van der Waals surface area contributed by atoms with Gasteiger partial charge in [-0.15, -0.1) is 6.58 Å². The Bertz CT molecular complexity index is 443. The van der Waals surface area contributed by atoms with Crippen molar-refractivity contribution in [3.8, 4) is 0 Å². The lowest BCUT2D eigenvalue weighted by Gasteiger charge is -2.05. The number of aliphatic hydroxyl groups is 2. The van der Waals surface area contributed by atoms with E-state index in [1.165, 1.54) is 31.3 Å². The molecule has 0 spiro atoms. The molecule has 1 aliphatic rings. The summed E-state index contributed by atoms with van der Waals surface area (Å²) in [6, 6.07) is 0. The van der Waals surface area contributed by atoms with Crippen molar-refractivity contribution in [3.63, 3.8) is 0 Å². The van der Waals surface area contributed by atoms with Gasteiger partial charge in [-0.2, -0.15) is 0 Å². The van der Waals surface area contributed by atoms with Gasteiger partial charge in [-0.1, -0.05) is 198 Å². The highest BCUT2D eigenvalue weighted by Gasteiger charge is 2.30. The maximum atomic E-state index is 8.14. The van der Waals surface area contributed by atoms with Crippen molar-refractivity contribution < 1.29 is 10.2 Å². The van der Waals surface area contributed by atoms with E-state index < -0.39 is 0 Å².